The number of nitrogens with two attached hydrogens (primary N) is 1. The molecule has 8 rings (SSSR count). The van der Waals surface area contributed by atoms with Gasteiger partial charge in [0.25, 0.3) is 17.3 Å². The molecule has 0 bridgehead atoms. The average Bonchev–Trinajstić information content (AvgIpc) is 3.84. The van der Waals surface area contributed by atoms with Crippen LogP contribution in [0.1, 0.15) is 47.0 Å². The van der Waals surface area contributed by atoms with Gasteiger partial charge in [0.2, 0.25) is 11.9 Å². The second-order valence-electron chi connectivity index (χ2n) is 18.3. The van der Waals surface area contributed by atoms with Crippen LogP contribution in [0, 0.1) is 34.1 Å². The number of carbonyl (C=O) groups excluding carboxylic acids is 1. The van der Waals surface area contributed by atoms with Crippen LogP contribution in [-0.4, -0.2) is 134 Å². The molecule has 0 atom stereocenters. The monoisotopic (exact) mass is 1040 g/mol. The number of carboxylic acid groups (broad SMARTS) is 1. The maximum absolute atomic E-state index is 12.4. The van der Waals surface area contributed by atoms with Crippen molar-refractivity contribution in [2.24, 2.45) is 19.8 Å². The van der Waals surface area contributed by atoms with Crippen molar-refractivity contribution in [2.45, 2.75) is 28.7 Å². The zero-order valence-corrected chi connectivity index (χ0v) is 42.9. The standard InChI is InChI=1S/C26H30N8O3.C26H29N7O4.2CH4/c1-16-14-21(32(4)13-12-31(2)3)22(34(36)37)15-19(16)30-26-28-11-10-18(29-26)23-17-8-6-7-9-20(17)33(5)24(23)25(27)35;1-16-14-21(31(4)13-12-30(2)3)22(33(36)37)15-19(16)29-26-27-11-10-18(28-26)23-17-8-6-7-9-20(17)32(5)24(23)25(34)35;;/h6-11,14-15H,12-13H2,1-5H3,(H2,27,35)(H,28,29,30);6-11,14-15H,12-13H2,1-5H3,(H,34,35)(H,27,28,29);2*1H4. The van der Waals surface area contributed by atoms with E-state index in [0.29, 0.717) is 64.0 Å². The molecule has 1 amide bonds. The molecule has 5 N–H and O–H groups in total. The minimum absolute atomic E-state index is 0. The molecule has 400 valence electrons. The number of nitrogens with zero attached hydrogens (tertiary/aromatic N) is 12. The summed E-state index contributed by atoms with van der Waals surface area (Å²) in [6.45, 7) is 6.50. The Kier molecular flexibility index (Phi) is 18.5. The van der Waals surface area contributed by atoms with Crippen molar-refractivity contribution in [3.8, 4) is 22.5 Å². The number of hydrogen-bond acceptors (Lipinski definition) is 16. The smallest absolute Gasteiger partial charge is 0.353 e. The van der Waals surface area contributed by atoms with Gasteiger partial charge in [0.05, 0.1) is 32.6 Å². The van der Waals surface area contributed by atoms with Gasteiger partial charge < -0.3 is 50.2 Å². The lowest BCUT2D eigenvalue weighted by Gasteiger charge is -2.22. The Morgan fingerprint density at radius 2 is 1.00 bits per heavy atom. The van der Waals surface area contributed by atoms with Gasteiger partial charge in [-0.15, -0.1) is 0 Å². The first-order valence-corrected chi connectivity index (χ1v) is 23.3. The van der Waals surface area contributed by atoms with Crippen LogP contribution >= 0.6 is 0 Å². The number of carboxylic acids is 1. The topological polar surface area (TPSA) is 265 Å². The Labute approximate surface area is 441 Å². The van der Waals surface area contributed by atoms with E-state index in [1.54, 1.807) is 53.7 Å². The highest BCUT2D eigenvalue weighted by molar-refractivity contribution is 6.10. The molecule has 0 aliphatic carbocycles. The number of para-hydroxylation sites is 2. The van der Waals surface area contributed by atoms with E-state index in [1.165, 1.54) is 18.3 Å². The number of amides is 1. The molecule has 0 saturated carbocycles. The van der Waals surface area contributed by atoms with Crippen LogP contribution < -0.4 is 26.2 Å². The summed E-state index contributed by atoms with van der Waals surface area (Å²) < 4.78 is 3.38. The number of aromatic nitrogens is 6. The number of benzene rings is 4. The molecule has 76 heavy (non-hydrogen) atoms. The summed E-state index contributed by atoms with van der Waals surface area (Å²) in [6.07, 6.45) is 3.11. The minimum Gasteiger partial charge on any atom is -0.477 e. The third kappa shape index (κ3) is 12.3. The van der Waals surface area contributed by atoms with Gasteiger partial charge in [-0.05, 0) is 89.6 Å². The Morgan fingerprint density at radius 1 is 0.618 bits per heavy atom. The number of primary amides is 1. The van der Waals surface area contributed by atoms with Crippen molar-refractivity contribution in [3.05, 3.63) is 140 Å². The number of aromatic carboxylic acids is 1. The Hall–Kier alpha value is -9.02. The van der Waals surface area contributed by atoms with Crippen molar-refractivity contribution < 1.29 is 24.5 Å². The third-order valence-electron chi connectivity index (χ3n) is 12.6. The van der Waals surface area contributed by atoms with Crippen LogP contribution in [0.15, 0.2) is 97.3 Å². The molecule has 0 saturated heterocycles. The molecular formula is C54H67N15O7. The van der Waals surface area contributed by atoms with Crippen LogP contribution in [0.4, 0.5) is 46.0 Å². The van der Waals surface area contributed by atoms with Crippen LogP contribution in [0.5, 0.6) is 0 Å². The van der Waals surface area contributed by atoms with Crippen LogP contribution in [-0.2, 0) is 14.1 Å². The first kappa shape index (κ1) is 57.9. The molecule has 0 radical (unpaired) electrons. The SMILES string of the molecule is C.C.Cc1cc(N(C)CCN(C)C)c([N+](=O)[O-])cc1Nc1nccc(-c2c(C(=O)O)n(C)c3ccccc23)n1.Cc1cc(N(C)CCN(C)C)c([N+](=O)[O-])cc1Nc1nccc(-c2c(C(N)=O)n(C)c3ccccc23)n1. The lowest BCUT2D eigenvalue weighted by atomic mass is 10.1. The molecule has 4 heterocycles. The molecular weight excluding hydrogens is 971 g/mol. The number of likely N-dealkylation sites (N-methyl/N-ethyl adjacent to an activating group) is 4. The fourth-order valence-electron chi connectivity index (χ4n) is 8.68. The summed E-state index contributed by atoms with van der Waals surface area (Å²) >= 11 is 0. The zero-order chi connectivity index (χ0) is 53.7. The molecule has 22 heteroatoms. The first-order valence-electron chi connectivity index (χ1n) is 23.3. The normalized spacial score (nSPS) is 10.9. The fraction of sp³-hybridized carbons (Fsp3) is 0.296. The molecule has 8 aromatic rings. The van der Waals surface area contributed by atoms with Crippen molar-refractivity contribution >= 4 is 79.7 Å². The number of anilines is 6. The summed E-state index contributed by atoms with van der Waals surface area (Å²) in [5, 5.41) is 41.5. The van der Waals surface area contributed by atoms with Crippen molar-refractivity contribution in [1.29, 1.82) is 0 Å². The van der Waals surface area contributed by atoms with Crippen molar-refractivity contribution in [1.82, 2.24) is 38.9 Å². The summed E-state index contributed by atoms with van der Waals surface area (Å²) in [5.41, 5.74) is 13.4. The van der Waals surface area contributed by atoms with E-state index in [1.807, 2.05) is 124 Å². The molecule has 22 nitrogen and oxygen atoms in total. The van der Waals surface area contributed by atoms with Gasteiger partial charge in [0.1, 0.15) is 22.8 Å². The molecule has 0 spiro atoms. The number of nitro groups is 2. The second kappa shape index (κ2) is 24.3. The van der Waals surface area contributed by atoms with Crippen LogP contribution in [0.3, 0.4) is 0 Å². The zero-order valence-electron chi connectivity index (χ0n) is 42.9. The highest BCUT2D eigenvalue weighted by Gasteiger charge is 2.26. The number of hydrogen-bond donors (Lipinski definition) is 4. The second-order valence-corrected chi connectivity index (χ2v) is 18.3. The summed E-state index contributed by atoms with van der Waals surface area (Å²) in [7, 11) is 15.0. The van der Waals surface area contributed by atoms with E-state index in [0.717, 1.165) is 46.0 Å². The number of carbonyl (C=O) groups is 2. The van der Waals surface area contributed by atoms with Crippen LogP contribution in [0.2, 0.25) is 0 Å². The van der Waals surface area contributed by atoms with Gasteiger partial charge in [-0.1, -0.05) is 51.3 Å². The largest absolute Gasteiger partial charge is 0.477 e. The Balaban J connectivity index is 0.000000274. The Morgan fingerprint density at radius 3 is 1.37 bits per heavy atom. The summed E-state index contributed by atoms with van der Waals surface area (Å²) in [6, 6.07) is 24.9. The fourth-order valence-corrected chi connectivity index (χ4v) is 8.68. The van der Waals surface area contributed by atoms with Gasteiger partial charge in [-0.3, -0.25) is 25.0 Å². The first-order chi connectivity index (χ1) is 35.2. The van der Waals surface area contributed by atoms with Gasteiger partial charge in [0.15, 0.2) is 0 Å². The van der Waals surface area contributed by atoms with Crippen molar-refractivity contribution in [3.63, 3.8) is 0 Å². The number of nitro benzene ring substituents is 2. The summed E-state index contributed by atoms with van der Waals surface area (Å²) in [5.74, 6) is -1.19. The van der Waals surface area contributed by atoms with E-state index >= 15 is 0 Å². The van der Waals surface area contributed by atoms with Crippen LogP contribution in [0.25, 0.3) is 44.3 Å². The molecule has 0 unspecified atom stereocenters. The van der Waals surface area contributed by atoms with Gasteiger partial charge in [-0.2, -0.15) is 0 Å². The maximum Gasteiger partial charge on any atom is 0.353 e. The number of aryl methyl sites for hydroxylation is 4. The number of fused-ring (bicyclic) bond motifs is 2. The molecule has 0 aliphatic heterocycles. The van der Waals surface area contributed by atoms with E-state index in [4.69, 9.17) is 5.73 Å². The average molecular weight is 1040 g/mol. The highest BCUT2D eigenvalue weighted by Crippen LogP contribution is 2.39. The van der Waals surface area contributed by atoms with Crippen molar-refractivity contribution in [2.75, 3.05) is 88.9 Å². The summed E-state index contributed by atoms with van der Waals surface area (Å²) in [4.78, 5) is 73.1. The third-order valence-corrected chi connectivity index (χ3v) is 12.6. The molecule has 4 aromatic heterocycles. The van der Waals surface area contributed by atoms with E-state index in [2.05, 4.69) is 30.6 Å². The quantitative estimate of drug-likeness (QED) is 0.0461. The van der Waals surface area contributed by atoms with E-state index in [-0.39, 0.29) is 43.8 Å². The highest BCUT2D eigenvalue weighted by atomic mass is 16.6. The number of rotatable bonds is 18. The van der Waals surface area contributed by atoms with E-state index in [9.17, 15) is 34.9 Å². The maximum atomic E-state index is 12.4. The number of nitrogens with one attached hydrogen (secondary N) is 2. The molecule has 0 aliphatic rings. The lowest BCUT2D eigenvalue weighted by molar-refractivity contribution is -0.384. The van der Waals surface area contributed by atoms with Gasteiger partial charge >= 0.3 is 5.97 Å². The molecule has 0 fully saturated rings. The van der Waals surface area contributed by atoms with Gasteiger partial charge in [-0.25, -0.2) is 24.7 Å². The minimum atomic E-state index is -1.07. The van der Waals surface area contributed by atoms with Gasteiger partial charge in [0, 0.05) is 112 Å². The predicted octanol–water partition coefficient (Wildman–Crippen LogP) is 9.26. The lowest BCUT2D eigenvalue weighted by Crippen LogP contribution is -2.29. The Bertz CT molecular complexity index is 3220. The predicted molar refractivity (Wildman–Crippen MR) is 303 cm³/mol. The van der Waals surface area contributed by atoms with E-state index < -0.39 is 21.7 Å². The molecule has 4 aromatic carbocycles.